The molecule has 0 aliphatic rings. The molecule has 0 atom stereocenters. The SMILES string of the molecule is Cc1ccc(Br)cc1Oc1ncc(CN)cn1. The van der Waals surface area contributed by atoms with Crippen LogP contribution in [0, 0.1) is 6.92 Å². The lowest BCUT2D eigenvalue weighted by Crippen LogP contribution is -1.99. The van der Waals surface area contributed by atoms with E-state index in [2.05, 4.69) is 25.9 Å². The summed E-state index contributed by atoms with van der Waals surface area (Å²) in [5.74, 6) is 0.736. The molecule has 1 heterocycles. The Morgan fingerprint density at radius 2 is 2.00 bits per heavy atom. The fourth-order valence-electron chi connectivity index (χ4n) is 1.28. The van der Waals surface area contributed by atoms with E-state index < -0.39 is 0 Å². The van der Waals surface area contributed by atoms with Crippen LogP contribution in [-0.2, 0) is 6.54 Å². The average Bonchev–Trinajstić information content (AvgIpc) is 2.35. The molecule has 2 N–H and O–H groups in total. The average molecular weight is 294 g/mol. The lowest BCUT2D eigenvalue weighted by molar-refractivity contribution is 0.437. The Hall–Kier alpha value is -1.46. The van der Waals surface area contributed by atoms with Gasteiger partial charge in [0.15, 0.2) is 0 Å². The molecule has 1 aromatic heterocycles. The zero-order valence-corrected chi connectivity index (χ0v) is 10.9. The van der Waals surface area contributed by atoms with Gasteiger partial charge >= 0.3 is 6.01 Å². The highest BCUT2D eigenvalue weighted by molar-refractivity contribution is 9.10. The third kappa shape index (κ3) is 3.01. The van der Waals surface area contributed by atoms with Crippen LogP contribution in [0.4, 0.5) is 0 Å². The molecule has 0 saturated heterocycles. The monoisotopic (exact) mass is 293 g/mol. The number of nitrogens with zero attached hydrogens (tertiary/aromatic N) is 2. The first-order valence-electron chi connectivity index (χ1n) is 5.14. The number of aromatic nitrogens is 2. The lowest BCUT2D eigenvalue weighted by atomic mass is 10.2. The minimum absolute atomic E-state index is 0.323. The third-order valence-corrected chi connectivity index (χ3v) is 2.76. The van der Waals surface area contributed by atoms with Gasteiger partial charge in [0.05, 0.1) is 0 Å². The van der Waals surface area contributed by atoms with E-state index in [-0.39, 0.29) is 0 Å². The van der Waals surface area contributed by atoms with Crippen molar-refractivity contribution in [1.82, 2.24) is 9.97 Å². The summed E-state index contributed by atoms with van der Waals surface area (Å²) in [6, 6.07) is 6.13. The van der Waals surface area contributed by atoms with Crippen molar-refractivity contribution in [2.24, 2.45) is 5.73 Å². The topological polar surface area (TPSA) is 61.0 Å². The van der Waals surface area contributed by atoms with E-state index in [1.807, 2.05) is 25.1 Å². The largest absolute Gasteiger partial charge is 0.424 e. The van der Waals surface area contributed by atoms with Gasteiger partial charge in [-0.25, -0.2) is 9.97 Å². The highest BCUT2D eigenvalue weighted by Gasteiger charge is 2.04. The molecule has 0 saturated carbocycles. The van der Waals surface area contributed by atoms with Gasteiger partial charge in [-0.1, -0.05) is 22.0 Å². The third-order valence-electron chi connectivity index (χ3n) is 2.27. The van der Waals surface area contributed by atoms with E-state index in [4.69, 9.17) is 10.5 Å². The molecule has 0 amide bonds. The van der Waals surface area contributed by atoms with Crippen LogP contribution in [-0.4, -0.2) is 9.97 Å². The molecule has 0 unspecified atom stereocenters. The summed E-state index contributed by atoms with van der Waals surface area (Å²) < 4.78 is 6.55. The second-order valence-electron chi connectivity index (χ2n) is 3.59. The van der Waals surface area contributed by atoms with Crippen LogP contribution in [0.3, 0.4) is 0 Å². The van der Waals surface area contributed by atoms with Crippen LogP contribution < -0.4 is 10.5 Å². The molecule has 0 aliphatic heterocycles. The van der Waals surface area contributed by atoms with E-state index in [1.165, 1.54) is 0 Å². The van der Waals surface area contributed by atoms with Crippen molar-refractivity contribution in [3.05, 3.63) is 46.2 Å². The summed E-state index contributed by atoms with van der Waals surface area (Å²) in [5, 5.41) is 0. The van der Waals surface area contributed by atoms with Gasteiger partial charge in [0.1, 0.15) is 5.75 Å². The summed E-state index contributed by atoms with van der Waals surface area (Å²) in [6.45, 7) is 2.40. The van der Waals surface area contributed by atoms with E-state index in [0.29, 0.717) is 12.6 Å². The summed E-state index contributed by atoms with van der Waals surface area (Å²) in [7, 11) is 0. The first kappa shape index (κ1) is 12.0. The van der Waals surface area contributed by atoms with Crippen molar-refractivity contribution in [2.75, 3.05) is 0 Å². The van der Waals surface area contributed by atoms with Crippen molar-refractivity contribution in [1.29, 1.82) is 0 Å². The Labute approximate surface area is 108 Å². The molecule has 1 aromatic carbocycles. The zero-order chi connectivity index (χ0) is 12.3. The Balaban J connectivity index is 2.22. The van der Waals surface area contributed by atoms with Crippen LogP contribution in [0.2, 0.25) is 0 Å². The molecule has 17 heavy (non-hydrogen) atoms. The predicted octanol–water partition coefficient (Wildman–Crippen LogP) is 2.80. The molecule has 0 radical (unpaired) electrons. The van der Waals surface area contributed by atoms with Crippen LogP contribution in [0.1, 0.15) is 11.1 Å². The van der Waals surface area contributed by atoms with Crippen molar-refractivity contribution in [2.45, 2.75) is 13.5 Å². The van der Waals surface area contributed by atoms with Gasteiger partial charge in [-0.15, -0.1) is 0 Å². The quantitative estimate of drug-likeness (QED) is 0.945. The standard InChI is InChI=1S/C12H12BrN3O/c1-8-2-3-10(13)4-11(8)17-12-15-6-9(5-14)7-16-12/h2-4,6-7H,5,14H2,1H3. The molecule has 0 aliphatic carbocycles. The molecule has 0 spiro atoms. The molecular formula is C12H12BrN3O. The van der Waals surface area contributed by atoms with Crippen molar-refractivity contribution < 1.29 is 4.74 Å². The Kier molecular flexibility index (Phi) is 3.71. The normalized spacial score (nSPS) is 10.3. The minimum atomic E-state index is 0.323. The van der Waals surface area contributed by atoms with Gasteiger partial charge in [0.2, 0.25) is 0 Å². The molecule has 2 aromatic rings. The van der Waals surface area contributed by atoms with Gasteiger partial charge in [-0.2, -0.15) is 0 Å². The number of halogens is 1. The maximum atomic E-state index is 5.60. The summed E-state index contributed by atoms with van der Waals surface area (Å²) in [5.41, 5.74) is 7.37. The Morgan fingerprint density at radius 1 is 1.29 bits per heavy atom. The van der Waals surface area contributed by atoms with Crippen molar-refractivity contribution in [3.63, 3.8) is 0 Å². The summed E-state index contributed by atoms with van der Waals surface area (Å²) in [6.07, 6.45) is 3.32. The van der Waals surface area contributed by atoms with Crippen LogP contribution in [0.25, 0.3) is 0 Å². The van der Waals surface area contributed by atoms with Crippen LogP contribution >= 0.6 is 15.9 Å². The van der Waals surface area contributed by atoms with Crippen molar-refractivity contribution in [3.8, 4) is 11.8 Å². The number of nitrogens with two attached hydrogens (primary N) is 1. The van der Waals surface area contributed by atoms with E-state index >= 15 is 0 Å². The number of ether oxygens (including phenoxy) is 1. The fourth-order valence-corrected chi connectivity index (χ4v) is 1.62. The smallest absolute Gasteiger partial charge is 0.321 e. The number of benzene rings is 1. The zero-order valence-electron chi connectivity index (χ0n) is 9.35. The van der Waals surface area contributed by atoms with Gasteiger partial charge in [0, 0.05) is 29.0 Å². The second kappa shape index (κ2) is 5.25. The lowest BCUT2D eigenvalue weighted by Gasteiger charge is -2.07. The Bertz CT molecular complexity index is 514. The van der Waals surface area contributed by atoms with Gasteiger partial charge in [-0.3, -0.25) is 0 Å². The minimum Gasteiger partial charge on any atom is -0.424 e. The number of rotatable bonds is 3. The highest BCUT2D eigenvalue weighted by Crippen LogP contribution is 2.26. The van der Waals surface area contributed by atoms with E-state index in [0.717, 1.165) is 21.3 Å². The number of hydrogen-bond acceptors (Lipinski definition) is 4. The number of hydrogen-bond donors (Lipinski definition) is 1. The first-order chi connectivity index (χ1) is 8.19. The first-order valence-corrected chi connectivity index (χ1v) is 5.93. The molecule has 88 valence electrons. The number of aryl methyl sites for hydroxylation is 1. The second-order valence-corrected chi connectivity index (χ2v) is 4.51. The molecule has 5 heteroatoms. The summed E-state index contributed by atoms with van der Waals surface area (Å²) >= 11 is 3.40. The molecule has 0 fully saturated rings. The van der Waals surface area contributed by atoms with Crippen molar-refractivity contribution >= 4 is 15.9 Å². The van der Waals surface area contributed by atoms with E-state index in [9.17, 15) is 0 Å². The Morgan fingerprint density at radius 3 is 2.65 bits per heavy atom. The highest BCUT2D eigenvalue weighted by atomic mass is 79.9. The molecular weight excluding hydrogens is 282 g/mol. The van der Waals surface area contributed by atoms with E-state index in [1.54, 1.807) is 12.4 Å². The molecule has 0 bridgehead atoms. The van der Waals surface area contributed by atoms with Gasteiger partial charge in [-0.05, 0) is 24.6 Å². The molecule has 2 rings (SSSR count). The maximum Gasteiger partial charge on any atom is 0.321 e. The van der Waals surface area contributed by atoms with Crippen LogP contribution in [0.5, 0.6) is 11.8 Å². The maximum absolute atomic E-state index is 5.60. The predicted molar refractivity (Wildman–Crippen MR) is 68.9 cm³/mol. The van der Waals surface area contributed by atoms with Gasteiger partial charge < -0.3 is 10.5 Å². The van der Waals surface area contributed by atoms with Crippen LogP contribution in [0.15, 0.2) is 35.1 Å². The molecule has 4 nitrogen and oxygen atoms in total. The van der Waals surface area contributed by atoms with Gasteiger partial charge in [0.25, 0.3) is 0 Å². The summed E-state index contributed by atoms with van der Waals surface area (Å²) in [4.78, 5) is 8.17. The fraction of sp³-hybridized carbons (Fsp3) is 0.167.